The van der Waals surface area contributed by atoms with E-state index < -0.39 is 18.5 Å². The number of amides is 1. The van der Waals surface area contributed by atoms with Gasteiger partial charge in [0.15, 0.2) is 6.61 Å². The number of pyridine rings is 1. The second kappa shape index (κ2) is 5.32. The van der Waals surface area contributed by atoms with Crippen molar-refractivity contribution in [1.82, 2.24) is 10.5 Å². The van der Waals surface area contributed by atoms with Crippen molar-refractivity contribution in [2.75, 3.05) is 12.3 Å². The lowest BCUT2D eigenvalue weighted by atomic mass is 10.1. The molecule has 1 heterocycles. The van der Waals surface area contributed by atoms with Gasteiger partial charge in [0, 0.05) is 11.1 Å². The largest absolute Gasteiger partial charge is 0.479 e. The van der Waals surface area contributed by atoms with Crippen LogP contribution in [0.3, 0.4) is 0 Å². The monoisotopic (exact) mass is 261 g/mol. The first-order valence-corrected chi connectivity index (χ1v) is 5.37. The Bertz CT molecular complexity index is 642. The highest BCUT2D eigenvalue weighted by atomic mass is 16.7. The van der Waals surface area contributed by atoms with Gasteiger partial charge in [0.05, 0.1) is 5.52 Å². The maximum absolute atomic E-state index is 11.7. The molecular formula is C12H11N3O4. The topological polar surface area (TPSA) is 115 Å². The minimum absolute atomic E-state index is 0.0570. The van der Waals surface area contributed by atoms with Gasteiger partial charge >= 0.3 is 5.97 Å². The Labute approximate surface area is 108 Å². The number of aliphatic carboxylic acids is 1. The fourth-order valence-electron chi connectivity index (χ4n) is 1.53. The molecule has 98 valence electrons. The lowest BCUT2D eigenvalue weighted by Crippen LogP contribution is -2.27. The number of para-hydroxylation sites is 1. The molecule has 0 saturated carbocycles. The van der Waals surface area contributed by atoms with Gasteiger partial charge < -0.3 is 10.8 Å². The summed E-state index contributed by atoms with van der Waals surface area (Å²) < 4.78 is 0. The first-order valence-electron chi connectivity index (χ1n) is 5.37. The highest BCUT2D eigenvalue weighted by Gasteiger charge is 2.11. The van der Waals surface area contributed by atoms with Crippen LogP contribution in [-0.4, -0.2) is 28.6 Å². The highest BCUT2D eigenvalue weighted by Crippen LogP contribution is 2.19. The number of carbonyl (C=O) groups excluding carboxylic acids is 1. The molecular weight excluding hydrogens is 250 g/mol. The Hall–Kier alpha value is -2.67. The maximum Gasteiger partial charge on any atom is 0.332 e. The summed E-state index contributed by atoms with van der Waals surface area (Å²) in [7, 11) is 0. The first-order chi connectivity index (χ1) is 9.08. The highest BCUT2D eigenvalue weighted by molar-refractivity contribution is 5.98. The normalized spacial score (nSPS) is 10.3. The Morgan fingerprint density at radius 1 is 1.37 bits per heavy atom. The number of nitrogen functional groups attached to an aromatic ring is 1. The third-order valence-corrected chi connectivity index (χ3v) is 2.34. The second-order valence-electron chi connectivity index (χ2n) is 3.73. The van der Waals surface area contributed by atoms with E-state index in [1.54, 1.807) is 18.2 Å². The fraction of sp³-hybridized carbons (Fsp3) is 0.0833. The molecule has 7 nitrogen and oxygen atoms in total. The molecule has 0 unspecified atom stereocenters. The number of fused-ring (bicyclic) bond motifs is 1. The number of hydroxylamine groups is 1. The number of rotatable bonds is 4. The smallest absolute Gasteiger partial charge is 0.332 e. The van der Waals surface area contributed by atoms with Gasteiger partial charge in [0.25, 0.3) is 5.91 Å². The number of carboxylic acid groups (broad SMARTS) is 1. The molecule has 4 N–H and O–H groups in total. The minimum atomic E-state index is -1.19. The summed E-state index contributed by atoms with van der Waals surface area (Å²) in [5.74, 6) is -1.84. The van der Waals surface area contributed by atoms with Crippen molar-refractivity contribution in [1.29, 1.82) is 0 Å². The molecule has 0 bridgehead atoms. The number of nitrogens with two attached hydrogens (primary N) is 1. The van der Waals surface area contributed by atoms with Crippen LogP contribution in [0.15, 0.2) is 30.3 Å². The maximum atomic E-state index is 11.7. The van der Waals surface area contributed by atoms with Crippen LogP contribution < -0.4 is 11.2 Å². The molecule has 0 spiro atoms. The molecule has 0 fully saturated rings. The second-order valence-corrected chi connectivity index (χ2v) is 3.73. The lowest BCUT2D eigenvalue weighted by Gasteiger charge is -2.06. The number of benzene rings is 1. The molecule has 1 amide bonds. The molecule has 0 aliphatic rings. The number of anilines is 1. The molecule has 7 heteroatoms. The molecule has 1 aromatic carbocycles. The number of carbonyl (C=O) groups is 2. The zero-order chi connectivity index (χ0) is 13.8. The van der Waals surface area contributed by atoms with Crippen LogP contribution in [0.2, 0.25) is 0 Å². The Balaban J connectivity index is 2.20. The molecule has 0 aliphatic carbocycles. The van der Waals surface area contributed by atoms with Crippen molar-refractivity contribution in [2.45, 2.75) is 0 Å². The summed E-state index contributed by atoms with van der Waals surface area (Å²) >= 11 is 0. The van der Waals surface area contributed by atoms with E-state index in [1.165, 1.54) is 6.07 Å². The van der Waals surface area contributed by atoms with Crippen molar-refractivity contribution in [3.8, 4) is 0 Å². The summed E-state index contributed by atoms with van der Waals surface area (Å²) in [6.07, 6.45) is 0. The molecule has 0 radical (unpaired) electrons. The Kier molecular flexibility index (Phi) is 3.58. The average molecular weight is 261 g/mol. The molecule has 1 aromatic heterocycles. The summed E-state index contributed by atoms with van der Waals surface area (Å²) in [6.45, 7) is -0.630. The molecule has 0 aliphatic heterocycles. The predicted molar refractivity (Wildman–Crippen MR) is 67.2 cm³/mol. The average Bonchev–Trinajstić information content (AvgIpc) is 2.38. The molecule has 2 rings (SSSR count). The van der Waals surface area contributed by atoms with Gasteiger partial charge in [-0.15, -0.1) is 0 Å². The number of hydrogen-bond acceptors (Lipinski definition) is 5. The van der Waals surface area contributed by atoms with E-state index in [-0.39, 0.29) is 5.69 Å². The van der Waals surface area contributed by atoms with Gasteiger partial charge in [-0.3, -0.25) is 9.63 Å². The predicted octanol–water partition coefficient (Wildman–Crippen LogP) is 0.563. The van der Waals surface area contributed by atoms with E-state index >= 15 is 0 Å². The third kappa shape index (κ3) is 2.96. The summed E-state index contributed by atoms with van der Waals surface area (Å²) in [4.78, 5) is 30.5. The number of nitrogens with zero attached hydrogens (tertiary/aromatic N) is 1. The molecule has 19 heavy (non-hydrogen) atoms. The van der Waals surface area contributed by atoms with Crippen LogP contribution in [0.5, 0.6) is 0 Å². The number of nitrogens with one attached hydrogen (secondary N) is 1. The fourth-order valence-corrected chi connectivity index (χ4v) is 1.53. The van der Waals surface area contributed by atoms with Crippen molar-refractivity contribution in [3.63, 3.8) is 0 Å². The number of aromatic nitrogens is 1. The standard InChI is InChI=1S/C12H11N3O4/c13-8-5-10(12(18)15-19-6-11(16)17)14-9-4-2-1-3-7(8)9/h1-5H,6H2,(H2,13,14)(H,15,18)(H,16,17). The van der Waals surface area contributed by atoms with Gasteiger partial charge in [-0.2, -0.15) is 0 Å². The third-order valence-electron chi connectivity index (χ3n) is 2.34. The Morgan fingerprint density at radius 2 is 2.11 bits per heavy atom. The molecule has 2 aromatic rings. The SMILES string of the molecule is Nc1cc(C(=O)NOCC(=O)O)nc2ccccc12. The minimum Gasteiger partial charge on any atom is -0.479 e. The zero-order valence-corrected chi connectivity index (χ0v) is 9.79. The van der Waals surface area contributed by atoms with Gasteiger partial charge in [-0.05, 0) is 12.1 Å². The summed E-state index contributed by atoms with van der Waals surface area (Å²) in [5.41, 5.74) is 8.84. The number of carboxylic acids is 1. The molecule has 0 saturated heterocycles. The van der Waals surface area contributed by atoms with Crippen LogP contribution in [-0.2, 0) is 9.63 Å². The lowest BCUT2D eigenvalue weighted by molar-refractivity contribution is -0.144. The van der Waals surface area contributed by atoms with Crippen LogP contribution in [0.25, 0.3) is 10.9 Å². The van der Waals surface area contributed by atoms with Gasteiger partial charge in [0.2, 0.25) is 0 Å². The van der Waals surface area contributed by atoms with E-state index in [1.807, 2.05) is 11.5 Å². The van der Waals surface area contributed by atoms with E-state index in [2.05, 4.69) is 9.82 Å². The van der Waals surface area contributed by atoms with Crippen LogP contribution >= 0.6 is 0 Å². The van der Waals surface area contributed by atoms with Crippen LogP contribution in [0.4, 0.5) is 5.69 Å². The molecule has 0 atom stereocenters. The van der Waals surface area contributed by atoms with Gasteiger partial charge in [-0.25, -0.2) is 15.3 Å². The quantitative estimate of drug-likeness (QED) is 0.693. The summed E-state index contributed by atoms with van der Waals surface area (Å²) in [6, 6.07) is 8.51. The van der Waals surface area contributed by atoms with Crippen LogP contribution in [0.1, 0.15) is 10.5 Å². The summed E-state index contributed by atoms with van der Waals surface area (Å²) in [5, 5.41) is 9.11. The van der Waals surface area contributed by atoms with E-state index in [0.29, 0.717) is 11.2 Å². The first kappa shape index (κ1) is 12.8. The van der Waals surface area contributed by atoms with Crippen molar-refractivity contribution >= 4 is 28.5 Å². The van der Waals surface area contributed by atoms with Crippen molar-refractivity contribution < 1.29 is 19.5 Å². The zero-order valence-electron chi connectivity index (χ0n) is 9.79. The van der Waals surface area contributed by atoms with Gasteiger partial charge in [-0.1, -0.05) is 18.2 Å². The van der Waals surface area contributed by atoms with E-state index in [9.17, 15) is 9.59 Å². The van der Waals surface area contributed by atoms with Gasteiger partial charge in [0.1, 0.15) is 5.69 Å². The Morgan fingerprint density at radius 3 is 2.84 bits per heavy atom. The van der Waals surface area contributed by atoms with E-state index in [0.717, 1.165) is 5.39 Å². The van der Waals surface area contributed by atoms with Crippen molar-refractivity contribution in [2.24, 2.45) is 0 Å². The van der Waals surface area contributed by atoms with E-state index in [4.69, 9.17) is 10.8 Å². The van der Waals surface area contributed by atoms with Crippen LogP contribution in [0, 0.1) is 0 Å². The number of hydrogen-bond donors (Lipinski definition) is 3. The van der Waals surface area contributed by atoms with Crippen molar-refractivity contribution in [3.05, 3.63) is 36.0 Å².